The zero-order valence-electron chi connectivity index (χ0n) is 13.7. The molecule has 122 valence electrons. The minimum absolute atomic E-state index is 0.0651. The van der Waals surface area contributed by atoms with E-state index in [1.165, 1.54) is 0 Å². The first-order chi connectivity index (χ1) is 10.3. The maximum absolute atomic E-state index is 11.8. The fourth-order valence-corrected chi connectivity index (χ4v) is 6.60. The highest BCUT2D eigenvalue weighted by Crippen LogP contribution is 2.65. The second kappa shape index (κ2) is 4.45. The number of ketones is 1. The van der Waals surface area contributed by atoms with Crippen molar-refractivity contribution in [2.75, 3.05) is 0 Å². The molecule has 0 spiro atoms. The molecule has 7 atom stereocenters. The van der Waals surface area contributed by atoms with E-state index in [2.05, 4.69) is 13.8 Å². The highest BCUT2D eigenvalue weighted by Gasteiger charge is 2.63. The van der Waals surface area contributed by atoms with E-state index in [4.69, 9.17) is 0 Å². The third-order valence-corrected chi connectivity index (χ3v) is 8.13. The van der Waals surface area contributed by atoms with Crippen molar-refractivity contribution < 1.29 is 15.0 Å². The van der Waals surface area contributed by atoms with E-state index in [1.807, 2.05) is 6.08 Å². The van der Waals surface area contributed by atoms with E-state index in [0.717, 1.165) is 38.5 Å². The number of hydrogen-bond donors (Lipinski definition) is 2. The molecule has 3 saturated carbocycles. The molecule has 0 bridgehead atoms. The van der Waals surface area contributed by atoms with Crippen LogP contribution < -0.4 is 0 Å². The highest BCUT2D eigenvalue weighted by atomic mass is 16.3. The first-order valence-corrected chi connectivity index (χ1v) is 8.93. The zero-order valence-corrected chi connectivity index (χ0v) is 13.7. The Balaban J connectivity index is 1.72. The van der Waals surface area contributed by atoms with E-state index < -0.39 is 5.60 Å². The maximum atomic E-state index is 11.8. The predicted molar refractivity (Wildman–Crippen MR) is 84.1 cm³/mol. The summed E-state index contributed by atoms with van der Waals surface area (Å²) >= 11 is 0. The third kappa shape index (κ3) is 1.67. The average molecular weight is 304 g/mol. The summed E-state index contributed by atoms with van der Waals surface area (Å²) in [6, 6.07) is 0. The molecule has 3 nitrogen and oxygen atoms in total. The Labute approximate surface area is 132 Å². The molecule has 3 heteroatoms. The fraction of sp³-hybridized carbons (Fsp3) is 0.842. The normalized spacial score (nSPS) is 57.2. The molecule has 4 aliphatic carbocycles. The fourth-order valence-electron chi connectivity index (χ4n) is 6.60. The topological polar surface area (TPSA) is 57.5 Å². The van der Waals surface area contributed by atoms with Gasteiger partial charge in [-0.1, -0.05) is 19.9 Å². The molecule has 2 N–H and O–H groups in total. The lowest BCUT2D eigenvalue weighted by atomic mass is 9.45. The Morgan fingerprint density at radius 2 is 1.86 bits per heavy atom. The van der Waals surface area contributed by atoms with Crippen molar-refractivity contribution >= 4 is 5.78 Å². The summed E-state index contributed by atoms with van der Waals surface area (Å²) in [5, 5.41) is 21.6. The van der Waals surface area contributed by atoms with Crippen LogP contribution in [0.4, 0.5) is 0 Å². The van der Waals surface area contributed by atoms with Crippen LogP contribution in [-0.4, -0.2) is 27.7 Å². The molecule has 0 heterocycles. The van der Waals surface area contributed by atoms with Gasteiger partial charge < -0.3 is 10.2 Å². The third-order valence-electron chi connectivity index (χ3n) is 8.13. The van der Waals surface area contributed by atoms with Gasteiger partial charge in [0.15, 0.2) is 5.78 Å². The molecule has 2 unspecified atom stereocenters. The minimum atomic E-state index is -0.856. The van der Waals surface area contributed by atoms with E-state index >= 15 is 0 Å². The number of carbonyl (C=O) groups excluding carboxylic acids is 1. The number of carbonyl (C=O) groups is 1. The van der Waals surface area contributed by atoms with Crippen LogP contribution in [0.1, 0.15) is 58.8 Å². The largest absolute Gasteiger partial charge is 0.393 e. The van der Waals surface area contributed by atoms with Crippen molar-refractivity contribution in [3.05, 3.63) is 12.2 Å². The van der Waals surface area contributed by atoms with Crippen molar-refractivity contribution in [2.24, 2.45) is 28.6 Å². The molecule has 0 saturated heterocycles. The van der Waals surface area contributed by atoms with Gasteiger partial charge in [-0.3, -0.25) is 4.79 Å². The molecular formula is C19H28O3. The van der Waals surface area contributed by atoms with Crippen LogP contribution in [0.25, 0.3) is 0 Å². The van der Waals surface area contributed by atoms with Gasteiger partial charge in [0.1, 0.15) is 0 Å². The SMILES string of the molecule is C[C@]12CC[C@@H]3[C@@H](CCC4(O)CC(=O)C=C[C@]34C)[C@@H]1CCC2O. The number of fused-ring (bicyclic) bond motifs is 5. The Bertz CT molecular complexity index is 541. The van der Waals surface area contributed by atoms with E-state index in [-0.39, 0.29) is 29.1 Å². The van der Waals surface area contributed by atoms with Gasteiger partial charge >= 0.3 is 0 Å². The second-order valence-corrected chi connectivity index (χ2v) is 8.84. The van der Waals surface area contributed by atoms with Crippen LogP contribution in [0.3, 0.4) is 0 Å². The first-order valence-electron chi connectivity index (χ1n) is 8.93. The molecule has 0 aromatic heterocycles. The van der Waals surface area contributed by atoms with Crippen LogP contribution in [0.2, 0.25) is 0 Å². The Morgan fingerprint density at radius 3 is 2.64 bits per heavy atom. The molecule has 0 radical (unpaired) electrons. The van der Waals surface area contributed by atoms with Crippen LogP contribution in [-0.2, 0) is 4.79 Å². The molecule has 0 amide bonds. The molecule has 4 rings (SSSR count). The monoisotopic (exact) mass is 304 g/mol. The summed E-state index contributed by atoms with van der Waals surface area (Å²) in [6.45, 7) is 4.44. The summed E-state index contributed by atoms with van der Waals surface area (Å²) in [5.74, 6) is 1.67. The van der Waals surface area contributed by atoms with E-state index in [0.29, 0.717) is 17.8 Å². The summed E-state index contributed by atoms with van der Waals surface area (Å²) < 4.78 is 0. The molecular weight excluding hydrogens is 276 g/mol. The Hall–Kier alpha value is -0.670. The quantitative estimate of drug-likeness (QED) is 0.723. The van der Waals surface area contributed by atoms with Crippen LogP contribution in [0.5, 0.6) is 0 Å². The van der Waals surface area contributed by atoms with Crippen LogP contribution >= 0.6 is 0 Å². The second-order valence-electron chi connectivity index (χ2n) is 8.84. The lowest BCUT2D eigenvalue weighted by molar-refractivity contribution is -0.176. The number of aliphatic hydroxyl groups is 2. The van der Waals surface area contributed by atoms with Crippen molar-refractivity contribution in [2.45, 2.75) is 70.5 Å². The standard InChI is InChI=1S/C19H28O3/c1-17-8-7-15-13(14(17)3-4-16(17)21)6-10-19(22)11-12(20)5-9-18(15,19)2/h5,9,13-16,21-22H,3-4,6-8,10-11H2,1-2H3/t13-,14-,15+,16?,17-,18+,19?/m0/s1. The molecule has 3 fully saturated rings. The van der Waals surface area contributed by atoms with Crippen LogP contribution in [0, 0.1) is 28.6 Å². The maximum Gasteiger partial charge on any atom is 0.158 e. The summed E-state index contributed by atoms with van der Waals surface area (Å²) in [7, 11) is 0. The molecule has 22 heavy (non-hydrogen) atoms. The Kier molecular flexibility index (Phi) is 3.01. The summed E-state index contributed by atoms with van der Waals surface area (Å²) in [6.07, 6.45) is 9.74. The van der Waals surface area contributed by atoms with Gasteiger partial charge in [0, 0.05) is 11.8 Å². The van der Waals surface area contributed by atoms with Crippen molar-refractivity contribution in [3.63, 3.8) is 0 Å². The molecule has 4 aliphatic rings. The highest BCUT2D eigenvalue weighted by molar-refractivity contribution is 5.92. The lowest BCUT2D eigenvalue weighted by Gasteiger charge is -2.61. The van der Waals surface area contributed by atoms with Gasteiger partial charge in [-0.25, -0.2) is 0 Å². The molecule has 0 aromatic carbocycles. The number of aliphatic hydroxyl groups excluding tert-OH is 1. The van der Waals surface area contributed by atoms with Gasteiger partial charge in [-0.15, -0.1) is 0 Å². The summed E-state index contributed by atoms with van der Waals surface area (Å²) in [5.41, 5.74) is -1.06. The summed E-state index contributed by atoms with van der Waals surface area (Å²) in [4.78, 5) is 11.8. The number of hydrogen-bond acceptors (Lipinski definition) is 3. The van der Waals surface area contributed by atoms with Gasteiger partial charge in [0.2, 0.25) is 0 Å². The van der Waals surface area contributed by atoms with Crippen LogP contribution in [0.15, 0.2) is 12.2 Å². The predicted octanol–water partition coefficient (Wildman–Crippen LogP) is 2.85. The minimum Gasteiger partial charge on any atom is -0.393 e. The van der Waals surface area contributed by atoms with Gasteiger partial charge in [0.25, 0.3) is 0 Å². The zero-order chi connectivity index (χ0) is 15.8. The number of rotatable bonds is 0. The van der Waals surface area contributed by atoms with Crippen molar-refractivity contribution in [3.8, 4) is 0 Å². The van der Waals surface area contributed by atoms with Crippen molar-refractivity contribution in [1.82, 2.24) is 0 Å². The smallest absolute Gasteiger partial charge is 0.158 e. The first kappa shape index (κ1) is 14.9. The number of allylic oxidation sites excluding steroid dienone is 1. The van der Waals surface area contributed by atoms with E-state index in [1.54, 1.807) is 6.08 Å². The average Bonchev–Trinajstić information content (AvgIpc) is 2.76. The van der Waals surface area contributed by atoms with Gasteiger partial charge in [-0.2, -0.15) is 0 Å². The molecule has 0 aromatic rings. The van der Waals surface area contributed by atoms with Crippen molar-refractivity contribution in [1.29, 1.82) is 0 Å². The Morgan fingerprint density at radius 1 is 1.09 bits per heavy atom. The van der Waals surface area contributed by atoms with Gasteiger partial charge in [0.05, 0.1) is 11.7 Å². The van der Waals surface area contributed by atoms with Gasteiger partial charge in [-0.05, 0) is 67.8 Å². The van der Waals surface area contributed by atoms with E-state index in [9.17, 15) is 15.0 Å². The molecule has 0 aliphatic heterocycles. The lowest BCUT2D eigenvalue weighted by Crippen LogP contribution is -2.61.